The van der Waals surface area contributed by atoms with Crippen LogP contribution in [0.5, 0.6) is 0 Å². The number of hydrogen-bond acceptors (Lipinski definition) is 2. The van der Waals surface area contributed by atoms with Gasteiger partial charge in [0, 0.05) is 41.7 Å². The molecule has 0 unspecified atom stereocenters. The highest BCUT2D eigenvalue weighted by atomic mass is 79.9. The molecule has 7 aromatic rings. The first kappa shape index (κ1) is 23.9. The highest BCUT2D eigenvalue weighted by Gasteiger charge is 2.16. The van der Waals surface area contributed by atoms with Crippen LogP contribution in [0.3, 0.4) is 0 Å². The van der Waals surface area contributed by atoms with Crippen molar-refractivity contribution in [1.29, 1.82) is 0 Å². The van der Waals surface area contributed by atoms with Gasteiger partial charge < -0.3 is 4.90 Å². The molecule has 0 aliphatic heterocycles. The first-order chi connectivity index (χ1) is 19.2. The van der Waals surface area contributed by atoms with Crippen molar-refractivity contribution in [3.63, 3.8) is 0 Å². The lowest BCUT2D eigenvalue weighted by Gasteiger charge is -2.26. The topological polar surface area (TPSA) is 3.24 Å². The molecule has 0 saturated carbocycles. The molecule has 39 heavy (non-hydrogen) atoms. The monoisotopic (exact) mass is 581 g/mol. The molecule has 0 aliphatic carbocycles. The van der Waals surface area contributed by atoms with E-state index in [4.69, 9.17) is 0 Å². The van der Waals surface area contributed by atoms with E-state index in [9.17, 15) is 0 Å². The zero-order chi connectivity index (χ0) is 26.2. The van der Waals surface area contributed by atoms with Gasteiger partial charge in [-0.15, -0.1) is 11.3 Å². The summed E-state index contributed by atoms with van der Waals surface area (Å²) >= 11 is 5.47. The first-order valence-electron chi connectivity index (χ1n) is 13.0. The lowest BCUT2D eigenvalue weighted by atomic mass is 10.0. The van der Waals surface area contributed by atoms with Gasteiger partial charge in [0.2, 0.25) is 0 Å². The summed E-state index contributed by atoms with van der Waals surface area (Å²) in [4.78, 5) is 2.36. The Labute approximate surface area is 240 Å². The molecule has 0 N–H and O–H groups in total. The third-order valence-electron chi connectivity index (χ3n) is 7.12. The third-order valence-corrected chi connectivity index (χ3v) is 8.75. The molecule has 1 nitrogen and oxygen atoms in total. The molecule has 7 rings (SSSR count). The number of thiophene rings is 1. The second-order valence-electron chi connectivity index (χ2n) is 9.59. The van der Waals surface area contributed by atoms with Crippen molar-refractivity contribution in [3.05, 3.63) is 150 Å². The Kier molecular flexibility index (Phi) is 6.24. The van der Waals surface area contributed by atoms with Crippen LogP contribution in [0.15, 0.2) is 150 Å². The van der Waals surface area contributed by atoms with Gasteiger partial charge in [-0.1, -0.05) is 107 Å². The smallest absolute Gasteiger partial charge is 0.0468 e. The molecule has 0 amide bonds. The second kappa shape index (κ2) is 10.2. The minimum atomic E-state index is 1.11. The average Bonchev–Trinajstić information content (AvgIpc) is 3.36. The van der Waals surface area contributed by atoms with Crippen molar-refractivity contribution in [3.8, 4) is 22.3 Å². The van der Waals surface area contributed by atoms with E-state index in [-0.39, 0.29) is 0 Å². The van der Waals surface area contributed by atoms with Gasteiger partial charge in [-0.3, -0.25) is 0 Å². The number of nitrogens with zero attached hydrogens (tertiary/aromatic N) is 1. The maximum Gasteiger partial charge on any atom is 0.0468 e. The van der Waals surface area contributed by atoms with Crippen LogP contribution in [-0.2, 0) is 0 Å². The summed E-state index contributed by atoms with van der Waals surface area (Å²) in [5.74, 6) is 0. The fraction of sp³-hybridized carbons (Fsp3) is 0. The zero-order valence-corrected chi connectivity index (χ0v) is 23.5. The van der Waals surface area contributed by atoms with Crippen molar-refractivity contribution in [1.82, 2.24) is 0 Å². The maximum absolute atomic E-state index is 3.64. The second-order valence-corrected chi connectivity index (χ2v) is 11.6. The Morgan fingerprint density at radius 3 is 1.77 bits per heavy atom. The van der Waals surface area contributed by atoms with Crippen molar-refractivity contribution in [2.24, 2.45) is 0 Å². The van der Waals surface area contributed by atoms with Crippen molar-refractivity contribution >= 4 is 64.5 Å². The molecule has 0 spiro atoms. The summed E-state index contributed by atoms with van der Waals surface area (Å²) in [6, 6.07) is 52.2. The predicted molar refractivity (Wildman–Crippen MR) is 173 cm³/mol. The standard InChI is InChI=1S/C36H24BrNS/c37-29-16-20-33-34-24-32(19-21-35(34)39-36(33)23-29)38(30-17-14-27(15-18-30)25-8-3-1-4-9-25)31-13-7-12-28(22-31)26-10-5-2-6-11-26/h1-24H. The summed E-state index contributed by atoms with van der Waals surface area (Å²) in [7, 11) is 0. The highest BCUT2D eigenvalue weighted by molar-refractivity contribution is 9.10. The van der Waals surface area contributed by atoms with Crippen molar-refractivity contribution in [2.45, 2.75) is 0 Å². The van der Waals surface area contributed by atoms with E-state index in [0.717, 1.165) is 21.5 Å². The van der Waals surface area contributed by atoms with Crippen LogP contribution in [-0.4, -0.2) is 0 Å². The van der Waals surface area contributed by atoms with Crippen LogP contribution in [0.2, 0.25) is 0 Å². The van der Waals surface area contributed by atoms with E-state index in [1.54, 1.807) is 0 Å². The molecule has 0 saturated heterocycles. The van der Waals surface area contributed by atoms with Crippen LogP contribution in [0, 0.1) is 0 Å². The zero-order valence-electron chi connectivity index (χ0n) is 21.1. The van der Waals surface area contributed by atoms with Crippen molar-refractivity contribution in [2.75, 3.05) is 4.90 Å². The Balaban J connectivity index is 1.39. The molecule has 0 atom stereocenters. The maximum atomic E-state index is 3.64. The number of halogens is 1. The fourth-order valence-electron chi connectivity index (χ4n) is 5.21. The van der Waals surface area contributed by atoms with Crippen LogP contribution >= 0.6 is 27.3 Å². The van der Waals surface area contributed by atoms with E-state index >= 15 is 0 Å². The normalized spacial score (nSPS) is 11.2. The Morgan fingerprint density at radius 2 is 1.03 bits per heavy atom. The van der Waals surface area contributed by atoms with Gasteiger partial charge in [0.15, 0.2) is 0 Å². The highest BCUT2D eigenvalue weighted by Crippen LogP contribution is 2.42. The fourth-order valence-corrected chi connectivity index (χ4v) is 6.85. The van der Waals surface area contributed by atoms with Gasteiger partial charge in [-0.05, 0) is 76.9 Å². The lowest BCUT2D eigenvalue weighted by molar-refractivity contribution is 1.29. The van der Waals surface area contributed by atoms with Gasteiger partial charge in [-0.25, -0.2) is 0 Å². The van der Waals surface area contributed by atoms with Gasteiger partial charge in [0.1, 0.15) is 0 Å². The molecule has 1 aromatic heterocycles. The summed E-state index contributed by atoms with van der Waals surface area (Å²) in [6.45, 7) is 0. The Bertz CT molecular complexity index is 1910. The SMILES string of the molecule is Brc1ccc2c(c1)sc1ccc(N(c3ccc(-c4ccccc4)cc3)c3cccc(-c4ccccc4)c3)cc12. The first-order valence-corrected chi connectivity index (χ1v) is 14.6. The van der Waals surface area contributed by atoms with Crippen LogP contribution in [0.1, 0.15) is 0 Å². The Hall–Kier alpha value is -4.18. The van der Waals surface area contributed by atoms with E-state index in [1.807, 2.05) is 11.3 Å². The quantitative estimate of drug-likeness (QED) is 0.195. The molecule has 1 heterocycles. The van der Waals surface area contributed by atoms with E-state index < -0.39 is 0 Å². The molecule has 6 aromatic carbocycles. The van der Waals surface area contributed by atoms with E-state index in [0.29, 0.717) is 0 Å². The molecule has 3 heteroatoms. The summed E-state index contributed by atoms with van der Waals surface area (Å²) in [6.07, 6.45) is 0. The predicted octanol–water partition coefficient (Wildman–Crippen LogP) is 11.6. The number of fused-ring (bicyclic) bond motifs is 3. The molecule has 0 fully saturated rings. The summed E-state index contributed by atoms with van der Waals surface area (Å²) in [5, 5.41) is 2.57. The number of rotatable bonds is 5. The minimum absolute atomic E-state index is 1.11. The van der Waals surface area contributed by atoms with Gasteiger partial charge in [-0.2, -0.15) is 0 Å². The molecule has 0 radical (unpaired) electrons. The van der Waals surface area contributed by atoms with Crippen LogP contribution in [0.25, 0.3) is 42.4 Å². The van der Waals surface area contributed by atoms with E-state index in [2.05, 4.69) is 166 Å². The molecular formula is C36H24BrNS. The minimum Gasteiger partial charge on any atom is -0.310 e. The third kappa shape index (κ3) is 4.65. The number of hydrogen-bond donors (Lipinski definition) is 0. The Morgan fingerprint density at radius 1 is 0.410 bits per heavy atom. The van der Waals surface area contributed by atoms with E-state index in [1.165, 1.54) is 42.4 Å². The van der Waals surface area contributed by atoms with Crippen LogP contribution in [0.4, 0.5) is 17.1 Å². The lowest BCUT2D eigenvalue weighted by Crippen LogP contribution is -2.10. The summed E-state index contributed by atoms with van der Waals surface area (Å²) in [5.41, 5.74) is 8.24. The van der Waals surface area contributed by atoms with Crippen LogP contribution < -0.4 is 4.90 Å². The molecular weight excluding hydrogens is 558 g/mol. The van der Waals surface area contributed by atoms with Gasteiger partial charge >= 0.3 is 0 Å². The molecule has 0 aliphatic rings. The van der Waals surface area contributed by atoms with Gasteiger partial charge in [0.05, 0.1) is 0 Å². The largest absolute Gasteiger partial charge is 0.310 e. The molecule has 186 valence electrons. The summed E-state index contributed by atoms with van der Waals surface area (Å²) < 4.78 is 3.70. The van der Waals surface area contributed by atoms with Gasteiger partial charge in [0.25, 0.3) is 0 Å². The number of anilines is 3. The number of benzene rings is 6. The van der Waals surface area contributed by atoms with Crippen molar-refractivity contribution < 1.29 is 0 Å². The average molecular weight is 583 g/mol. The molecule has 0 bridgehead atoms.